The van der Waals surface area contributed by atoms with E-state index in [2.05, 4.69) is 20.6 Å². The van der Waals surface area contributed by atoms with Crippen LogP contribution in [0.3, 0.4) is 0 Å². The van der Waals surface area contributed by atoms with Crippen molar-refractivity contribution in [1.82, 2.24) is 20.6 Å². The zero-order valence-corrected chi connectivity index (χ0v) is 19.8. The van der Waals surface area contributed by atoms with E-state index in [9.17, 15) is 27.5 Å². The quantitative estimate of drug-likeness (QED) is 0.385. The monoisotopic (exact) mass is 515 g/mol. The number of halogens is 4. The van der Waals surface area contributed by atoms with Crippen molar-refractivity contribution in [2.24, 2.45) is 17.6 Å². The lowest BCUT2D eigenvalue weighted by Crippen LogP contribution is -2.26. The second kappa shape index (κ2) is 12.6. The summed E-state index contributed by atoms with van der Waals surface area (Å²) >= 11 is 0. The molecule has 0 amide bonds. The average molecular weight is 516 g/mol. The molecule has 1 unspecified atom stereocenters. The summed E-state index contributed by atoms with van der Waals surface area (Å²) in [6.45, 7) is 3.95. The van der Waals surface area contributed by atoms with Gasteiger partial charge in [0, 0.05) is 17.5 Å². The molecule has 198 valence electrons. The summed E-state index contributed by atoms with van der Waals surface area (Å²) in [5, 5.41) is 30.9. The second-order valence-corrected chi connectivity index (χ2v) is 9.04. The predicted octanol–water partition coefficient (Wildman–Crippen LogP) is 3.94. The summed E-state index contributed by atoms with van der Waals surface area (Å²) in [5.74, 6) is -4.61. The number of carbonyl (C=O) groups is 2. The molecule has 0 bridgehead atoms. The molecule has 5 N–H and O–H groups in total. The van der Waals surface area contributed by atoms with E-state index in [0.717, 1.165) is 24.8 Å². The van der Waals surface area contributed by atoms with E-state index < -0.39 is 30.0 Å². The number of nitrogens with zero attached hydrogens (tertiary/aromatic N) is 3. The number of hydrogen-bond acceptors (Lipinski definition) is 6. The topological polar surface area (TPSA) is 155 Å². The summed E-state index contributed by atoms with van der Waals surface area (Å²) in [6.07, 6.45) is 0.0940. The number of aromatic nitrogens is 4. The van der Waals surface area contributed by atoms with E-state index in [-0.39, 0.29) is 17.8 Å². The molecule has 0 radical (unpaired) electrons. The Morgan fingerprint density at radius 1 is 1.25 bits per heavy atom. The number of nitrogens with two attached hydrogens (primary N) is 1. The molecule has 13 heteroatoms. The van der Waals surface area contributed by atoms with Crippen molar-refractivity contribution in [2.75, 3.05) is 0 Å². The number of benzene rings is 1. The van der Waals surface area contributed by atoms with E-state index in [4.69, 9.17) is 15.6 Å². The number of tetrazole rings is 1. The van der Waals surface area contributed by atoms with E-state index in [1.54, 1.807) is 6.07 Å². The number of H-pyrrole nitrogens is 1. The van der Waals surface area contributed by atoms with Gasteiger partial charge in [-0.1, -0.05) is 37.3 Å². The first-order valence-electron chi connectivity index (χ1n) is 11.3. The number of aromatic amines is 1. The van der Waals surface area contributed by atoms with E-state index >= 15 is 0 Å². The smallest absolute Gasteiger partial charge is 0.481 e. The summed E-state index contributed by atoms with van der Waals surface area (Å²) in [4.78, 5) is 20.8. The Bertz CT molecular complexity index is 1060. The molecule has 0 fully saturated rings. The first kappa shape index (κ1) is 28.9. The third kappa shape index (κ3) is 8.40. The van der Waals surface area contributed by atoms with Crippen LogP contribution in [0.5, 0.6) is 0 Å². The molecule has 36 heavy (non-hydrogen) atoms. The van der Waals surface area contributed by atoms with Gasteiger partial charge in [0.25, 0.3) is 0 Å². The number of aliphatic carboxylic acids is 2. The minimum absolute atomic E-state index is 0.144. The van der Waals surface area contributed by atoms with Crippen LogP contribution in [0.2, 0.25) is 0 Å². The highest BCUT2D eigenvalue weighted by atomic mass is 19.4. The Morgan fingerprint density at radius 3 is 2.36 bits per heavy atom. The fourth-order valence-electron chi connectivity index (χ4n) is 3.98. The minimum Gasteiger partial charge on any atom is -0.481 e. The molecule has 1 aromatic carbocycles. The Labute approximate surface area is 204 Å². The number of rotatable bonds is 8. The van der Waals surface area contributed by atoms with Gasteiger partial charge in [-0.25, -0.2) is 9.18 Å². The molecule has 3 rings (SSSR count). The molecule has 1 heterocycles. The van der Waals surface area contributed by atoms with Gasteiger partial charge in [0.2, 0.25) is 0 Å². The normalized spacial score (nSPS) is 17.6. The van der Waals surface area contributed by atoms with Crippen LogP contribution < -0.4 is 5.73 Å². The number of alkyl halides is 3. The molecular formula is C23H29F4N5O4. The fraction of sp³-hybridized carbons (Fsp3) is 0.522. The van der Waals surface area contributed by atoms with Crippen molar-refractivity contribution in [1.29, 1.82) is 0 Å². The first-order chi connectivity index (χ1) is 16.8. The maximum atomic E-state index is 14.9. The predicted molar refractivity (Wildman–Crippen MR) is 121 cm³/mol. The Hall–Kier alpha value is -3.35. The van der Waals surface area contributed by atoms with Gasteiger partial charge < -0.3 is 15.9 Å². The van der Waals surface area contributed by atoms with Crippen molar-refractivity contribution >= 4 is 17.5 Å². The molecule has 1 aromatic heterocycles. The lowest BCUT2D eigenvalue weighted by atomic mass is 9.81. The number of carboxylic acid groups (broad SMARTS) is 2. The van der Waals surface area contributed by atoms with Crippen molar-refractivity contribution in [3.8, 4) is 0 Å². The minimum atomic E-state index is -5.08. The average Bonchev–Trinajstić information content (AvgIpc) is 3.31. The molecule has 0 spiro atoms. The lowest BCUT2D eigenvalue weighted by Gasteiger charge is -2.23. The zero-order chi connectivity index (χ0) is 27.0. The molecule has 9 nitrogen and oxygen atoms in total. The summed E-state index contributed by atoms with van der Waals surface area (Å²) in [5.41, 5.74) is 8.20. The van der Waals surface area contributed by atoms with Gasteiger partial charge in [0.05, 0.1) is 5.92 Å². The van der Waals surface area contributed by atoms with Crippen molar-refractivity contribution < 1.29 is 37.4 Å². The molecule has 1 aliphatic carbocycles. The maximum Gasteiger partial charge on any atom is 0.490 e. The van der Waals surface area contributed by atoms with Gasteiger partial charge in [-0.2, -0.15) is 18.4 Å². The Balaban J connectivity index is 0.000000572. The largest absolute Gasteiger partial charge is 0.490 e. The van der Waals surface area contributed by atoms with Crippen molar-refractivity contribution in [3.63, 3.8) is 0 Å². The van der Waals surface area contributed by atoms with Gasteiger partial charge in [0.1, 0.15) is 5.82 Å². The summed E-state index contributed by atoms with van der Waals surface area (Å²) in [7, 11) is 0. The number of nitrogens with one attached hydrogen (secondary N) is 1. The highest BCUT2D eigenvalue weighted by Gasteiger charge is 2.38. The molecule has 3 atom stereocenters. The molecule has 0 aliphatic heterocycles. The van der Waals surface area contributed by atoms with E-state index in [0.29, 0.717) is 29.8 Å². The van der Waals surface area contributed by atoms with Crippen LogP contribution in [0.1, 0.15) is 62.4 Å². The molecule has 2 aromatic rings. The SMILES string of the molecule is CC(C)C[C@H](C(=O)O)[C@H](Cc1ccc(C2=CCC(N)CC2)c(F)c1)c1nn[nH]n1.O=C(O)C(F)(F)F. The third-order valence-electron chi connectivity index (χ3n) is 5.75. The van der Waals surface area contributed by atoms with Crippen molar-refractivity contribution in [2.45, 2.75) is 64.1 Å². The number of allylic oxidation sites excluding steroid dienone is 1. The maximum absolute atomic E-state index is 14.9. The van der Waals surface area contributed by atoms with Gasteiger partial charge in [-0.05, 0) is 55.2 Å². The Morgan fingerprint density at radius 2 is 1.92 bits per heavy atom. The Kier molecular flexibility index (Phi) is 10.1. The van der Waals surface area contributed by atoms with E-state index in [1.165, 1.54) is 6.07 Å². The van der Waals surface area contributed by atoms with Crippen LogP contribution in [0.15, 0.2) is 24.3 Å². The van der Waals surface area contributed by atoms with Gasteiger partial charge >= 0.3 is 18.1 Å². The second-order valence-electron chi connectivity index (χ2n) is 9.04. The van der Waals surface area contributed by atoms with Crippen molar-refractivity contribution in [3.05, 3.63) is 47.0 Å². The first-order valence-corrected chi connectivity index (χ1v) is 11.3. The molecule has 0 saturated heterocycles. The lowest BCUT2D eigenvalue weighted by molar-refractivity contribution is -0.192. The molecule has 0 saturated carbocycles. The van der Waals surface area contributed by atoms with Crippen LogP contribution in [0.25, 0.3) is 5.57 Å². The number of carboxylic acids is 2. The third-order valence-corrected chi connectivity index (χ3v) is 5.75. The van der Waals surface area contributed by atoms with Gasteiger partial charge in [-0.15, -0.1) is 10.2 Å². The van der Waals surface area contributed by atoms with Crippen LogP contribution in [0, 0.1) is 17.7 Å². The summed E-state index contributed by atoms with van der Waals surface area (Å²) in [6, 6.07) is 5.27. The number of hydrogen-bond donors (Lipinski definition) is 4. The highest BCUT2D eigenvalue weighted by Crippen LogP contribution is 2.33. The molecular weight excluding hydrogens is 486 g/mol. The van der Waals surface area contributed by atoms with Gasteiger partial charge in [0.15, 0.2) is 5.82 Å². The standard InChI is InChI=1S/C21H28FN5O2.C2HF3O2/c1-12(2)9-18(21(28)29)17(20-24-26-27-25-20)10-13-3-8-16(19(22)11-13)14-4-6-15(23)7-5-14;3-2(4,5)1(6)7/h3-4,8,11-12,15,17-18H,5-7,9-10,23H2,1-2H3,(H,28,29)(H,24,25,26,27);(H,6,7)/t15?,17-,18-;/m0./s1. The summed E-state index contributed by atoms with van der Waals surface area (Å²) < 4.78 is 46.6. The van der Waals surface area contributed by atoms with Crippen LogP contribution in [0.4, 0.5) is 17.6 Å². The van der Waals surface area contributed by atoms with Crippen LogP contribution >= 0.6 is 0 Å². The van der Waals surface area contributed by atoms with Gasteiger partial charge in [-0.3, -0.25) is 4.79 Å². The van der Waals surface area contributed by atoms with Crippen LogP contribution in [-0.2, 0) is 16.0 Å². The zero-order valence-electron chi connectivity index (χ0n) is 19.8. The van der Waals surface area contributed by atoms with Crippen LogP contribution in [-0.4, -0.2) is 55.0 Å². The highest BCUT2D eigenvalue weighted by molar-refractivity contribution is 5.73. The molecule has 1 aliphatic rings. The fourth-order valence-corrected chi connectivity index (χ4v) is 3.98. The van der Waals surface area contributed by atoms with E-state index in [1.807, 2.05) is 26.0 Å².